The van der Waals surface area contributed by atoms with Gasteiger partial charge < -0.3 is 15.5 Å². The van der Waals surface area contributed by atoms with Crippen LogP contribution in [0.1, 0.15) is 28.5 Å². The molecule has 0 saturated carbocycles. The highest BCUT2D eigenvalue weighted by molar-refractivity contribution is 6.42. The highest BCUT2D eigenvalue weighted by Crippen LogP contribution is 2.31. The van der Waals surface area contributed by atoms with Crippen molar-refractivity contribution in [1.29, 1.82) is 0 Å². The Morgan fingerprint density at radius 2 is 1.82 bits per heavy atom. The van der Waals surface area contributed by atoms with E-state index in [1.54, 1.807) is 42.5 Å². The maximum atomic E-state index is 12.6. The standard InChI is InChI=1S/C19H15Cl2N3O4/c20-13-8-4-7-12(18(13)21)14(10-17(26)27)22-19(28)15-9-16(25)24(23-15)11-5-2-1-3-6-11/h1-9,14,25H,10H2,(H,22,28)(H,26,27). The van der Waals surface area contributed by atoms with Gasteiger partial charge in [-0.2, -0.15) is 5.10 Å². The van der Waals surface area contributed by atoms with Crippen molar-refractivity contribution >= 4 is 35.1 Å². The number of hydrogen-bond donors (Lipinski definition) is 3. The molecule has 144 valence electrons. The van der Waals surface area contributed by atoms with Gasteiger partial charge in [0.25, 0.3) is 5.91 Å². The summed E-state index contributed by atoms with van der Waals surface area (Å²) in [5.74, 6) is -2.02. The summed E-state index contributed by atoms with van der Waals surface area (Å²) in [7, 11) is 0. The van der Waals surface area contributed by atoms with E-state index < -0.39 is 24.3 Å². The number of rotatable bonds is 6. The van der Waals surface area contributed by atoms with E-state index in [1.165, 1.54) is 10.7 Å². The van der Waals surface area contributed by atoms with Crippen molar-refractivity contribution in [3.05, 3.63) is 75.9 Å². The fourth-order valence-corrected chi connectivity index (χ4v) is 3.12. The molecule has 1 aromatic heterocycles. The van der Waals surface area contributed by atoms with E-state index in [9.17, 15) is 19.8 Å². The molecule has 0 aliphatic rings. The molecular weight excluding hydrogens is 405 g/mol. The van der Waals surface area contributed by atoms with Gasteiger partial charge >= 0.3 is 5.97 Å². The molecule has 7 nitrogen and oxygen atoms in total. The van der Waals surface area contributed by atoms with Crippen molar-refractivity contribution in [2.24, 2.45) is 0 Å². The summed E-state index contributed by atoms with van der Waals surface area (Å²) in [6.07, 6.45) is -0.406. The second-order valence-electron chi connectivity index (χ2n) is 5.90. The van der Waals surface area contributed by atoms with E-state index in [0.29, 0.717) is 11.3 Å². The molecule has 2 aromatic carbocycles. The van der Waals surface area contributed by atoms with Crippen LogP contribution in [0.15, 0.2) is 54.6 Å². The molecule has 28 heavy (non-hydrogen) atoms. The zero-order valence-corrected chi connectivity index (χ0v) is 15.9. The third kappa shape index (κ3) is 4.27. The van der Waals surface area contributed by atoms with E-state index in [4.69, 9.17) is 23.2 Å². The molecule has 1 heterocycles. The van der Waals surface area contributed by atoms with Crippen LogP contribution >= 0.6 is 23.2 Å². The predicted molar refractivity (Wildman–Crippen MR) is 104 cm³/mol. The Labute approximate surface area is 170 Å². The minimum absolute atomic E-state index is 0.0742. The maximum absolute atomic E-state index is 12.6. The highest BCUT2D eigenvalue weighted by Gasteiger charge is 2.24. The first-order valence-corrected chi connectivity index (χ1v) is 8.93. The normalized spacial score (nSPS) is 11.8. The van der Waals surface area contributed by atoms with E-state index >= 15 is 0 Å². The summed E-state index contributed by atoms with van der Waals surface area (Å²) >= 11 is 12.2. The van der Waals surface area contributed by atoms with Crippen LogP contribution in [0.4, 0.5) is 0 Å². The van der Waals surface area contributed by atoms with Gasteiger partial charge in [0.15, 0.2) is 5.69 Å². The molecule has 0 aliphatic carbocycles. The van der Waals surface area contributed by atoms with Crippen LogP contribution in [-0.4, -0.2) is 31.9 Å². The molecule has 0 saturated heterocycles. The van der Waals surface area contributed by atoms with Crippen molar-refractivity contribution in [2.75, 3.05) is 0 Å². The number of nitrogens with zero attached hydrogens (tertiary/aromatic N) is 2. The largest absolute Gasteiger partial charge is 0.493 e. The topological polar surface area (TPSA) is 104 Å². The summed E-state index contributed by atoms with van der Waals surface area (Å²) < 4.78 is 1.20. The van der Waals surface area contributed by atoms with Crippen LogP contribution < -0.4 is 5.32 Å². The molecule has 0 bridgehead atoms. The van der Waals surface area contributed by atoms with Crippen LogP contribution in [0.2, 0.25) is 10.0 Å². The van der Waals surface area contributed by atoms with Crippen LogP contribution in [0.5, 0.6) is 5.88 Å². The van der Waals surface area contributed by atoms with Crippen LogP contribution in [-0.2, 0) is 4.79 Å². The minimum Gasteiger partial charge on any atom is -0.493 e. The van der Waals surface area contributed by atoms with Gasteiger partial charge in [0, 0.05) is 6.07 Å². The lowest BCUT2D eigenvalue weighted by Crippen LogP contribution is -2.30. The Kier molecular flexibility index (Phi) is 5.87. The first-order chi connectivity index (χ1) is 13.4. The van der Waals surface area contributed by atoms with Crippen molar-refractivity contribution in [3.8, 4) is 11.6 Å². The molecule has 3 N–H and O–H groups in total. The number of amides is 1. The first-order valence-electron chi connectivity index (χ1n) is 8.18. The number of aromatic hydroxyl groups is 1. The fraction of sp³-hybridized carbons (Fsp3) is 0.105. The summed E-state index contributed by atoms with van der Waals surface area (Å²) in [5.41, 5.74) is 0.866. The molecule has 0 spiro atoms. The number of hydrogen-bond acceptors (Lipinski definition) is 4. The summed E-state index contributed by atoms with van der Waals surface area (Å²) in [6, 6.07) is 13.8. The second-order valence-corrected chi connectivity index (χ2v) is 6.69. The molecule has 1 atom stereocenters. The number of nitrogens with one attached hydrogen (secondary N) is 1. The Bertz CT molecular complexity index is 1020. The SMILES string of the molecule is O=C(O)CC(NC(=O)c1cc(O)n(-c2ccccc2)n1)c1cccc(Cl)c1Cl. The molecular formula is C19H15Cl2N3O4. The Balaban J connectivity index is 1.89. The lowest BCUT2D eigenvalue weighted by Gasteiger charge is -2.18. The second kappa shape index (κ2) is 8.33. The molecule has 0 fully saturated rings. The third-order valence-corrected chi connectivity index (χ3v) is 4.80. The highest BCUT2D eigenvalue weighted by atomic mass is 35.5. The van der Waals surface area contributed by atoms with Crippen LogP contribution in [0.3, 0.4) is 0 Å². The van der Waals surface area contributed by atoms with Crippen molar-refractivity contribution in [2.45, 2.75) is 12.5 Å². The number of aliphatic carboxylic acids is 1. The third-order valence-electron chi connectivity index (χ3n) is 3.96. The molecule has 3 rings (SSSR count). The zero-order chi connectivity index (χ0) is 20.3. The number of halogens is 2. The van der Waals surface area contributed by atoms with Gasteiger partial charge in [-0.1, -0.05) is 53.5 Å². The Hall–Kier alpha value is -3.03. The monoisotopic (exact) mass is 419 g/mol. The van der Waals surface area contributed by atoms with E-state index in [1.807, 2.05) is 6.07 Å². The van der Waals surface area contributed by atoms with Crippen LogP contribution in [0, 0.1) is 0 Å². The van der Waals surface area contributed by atoms with Gasteiger partial charge in [0.1, 0.15) is 0 Å². The quantitative estimate of drug-likeness (QED) is 0.562. The summed E-state index contributed by atoms with van der Waals surface area (Å²) in [5, 5.41) is 26.4. The van der Waals surface area contributed by atoms with Gasteiger partial charge in [0.2, 0.25) is 5.88 Å². The first kappa shape index (κ1) is 19.7. The van der Waals surface area contributed by atoms with E-state index in [2.05, 4.69) is 10.4 Å². The molecule has 1 unspecified atom stereocenters. The van der Waals surface area contributed by atoms with E-state index in [0.717, 1.165) is 0 Å². The Morgan fingerprint density at radius 1 is 1.11 bits per heavy atom. The number of carbonyl (C=O) groups excluding carboxylic acids is 1. The number of benzene rings is 2. The predicted octanol–water partition coefficient (Wildman–Crippen LogP) is 3.83. The maximum Gasteiger partial charge on any atom is 0.305 e. The van der Waals surface area contributed by atoms with Gasteiger partial charge in [-0.3, -0.25) is 9.59 Å². The molecule has 0 aliphatic heterocycles. The lowest BCUT2D eigenvalue weighted by molar-refractivity contribution is -0.137. The number of carboxylic acid groups (broad SMARTS) is 1. The minimum atomic E-state index is -1.13. The molecule has 9 heteroatoms. The summed E-state index contributed by atoms with van der Waals surface area (Å²) in [4.78, 5) is 23.9. The molecule has 3 aromatic rings. The van der Waals surface area contributed by atoms with Gasteiger partial charge in [-0.05, 0) is 23.8 Å². The zero-order valence-electron chi connectivity index (χ0n) is 14.3. The van der Waals surface area contributed by atoms with E-state index in [-0.39, 0.29) is 21.6 Å². The average Bonchev–Trinajstić information content (AvgIpc) is 3.06. The Morgan fingerprint density at radius 3 is 2.50 bits per heavy atom. The van der Waals surface area contributed by atoms with Crippen molar-refractivity contribution in [3.63, 3.8) is 0 Å². The van der Waals surface area contributed by atoms with Crippen molar-refractivity contribution in [1.82, 2.24) is 15.1 Å². The number of aromatic nitrogens is 2. The number of carboxylic acids is 1. The van der Waals surface area contributed by atoms with Crippen molar-refractivity contribution < 1.29 is 19.8 Å². The molecule has 0 radical (unpaired) electrons. The summed E-state index contributed by atoms with van der Waals surface area (Å²) in [6.45, 7) is 0. The smallest absolute Gasteiger partial charge is 0.305 e. The van der Waals surface area contributed by atoms with Gasteiger partial charge in [0.05, 0.1) is 28.2 Å². The molecule has 1 amide bonds. The van der Waals surface area contributed by atoms with Gasteiger partial charge in [-0.25, -0.2) is 4.68 Å². The van der Waals surface area contributed by atoms with Crippen LogP contribution in [0.25, 0.3) is 5.69 Å². The average molecular weight is 420 g/mol. The van der Waals surface area contributed by atoms with Gasteiger partial charge in [-0.15, -0.1) is 0 Å². The number of carbonyl (C=O) groups is 2. The number of para-hydroxylation sites is 1. The lowest BCUT2D eigenvalue weighted by atomic mass is 10.0. The fourth-order valence-electron chi connectivity index (χ4n) is 2.68.